The topological polar surface area (TPSA) is 48.7 Å². The highest BCUT2D eigenvalue weighted by molar-refractivity contribution is 9.09. The van der Waals surface area contributed by atoms with Crippen molar-refractivity contribution in [3.05, 3.63) is 30.0 Å². The van der Waals surface area contributed by atoms with Gasteiger partial charge in [0.15, 0.2) is 17.9 Å². The molecule has 0 atom stereocenters. The summed E-state index contributed by atoms with van der Waals surface area (Å²) in [4.78, 5) is 11.0. The number of carbonyl (C=O) groups excluding carboxylic acids is 1. The van der Waals surface area contributed by atoms with Crippen LogP contribution in [0.3, 0.4) is 0 Å². The first kappa shape index (κ1) is 13.0. The molecular formula is C13H13BrO4. The summed E-state index contributed by atoms with van der Waals surface area (Å²) >= 11 is 3.40. The Morgan fingerprint density at radius 1 is 1.44 bits per heavy atom. The van der Waals surface area contributed by atoms with Gasteiger partial charge in [-0.15, -0.1) is 0 Å². The fraction of sp³-hybridized carbons (Fsp3) is 0.308. The lowest BCUT2D eigenvalue weighted by atomic mass is 10.1. The lowest BCUT2D eigenvalue weighted by Gasteiger charge is -2.05. The van der Waals surface area contributed by atoms with Crippen LogP contribution in [0.4, 0.5) is 0 Å². The first-order valence-electron chi connectivity index (χ1n) is 5.51. The molecular weight excluding hydrogens is 300 g/mol. The minimum absolute atomic E-state index is 0.121. The second-order valence-corrected chi connectivity index (χ2v) is 4.49. The minimum Gasteiger partial charge on any atom is -0.478 e. The number of hydrogen-bond donors (Lipinski definition) is 0. The third-order valence-electron chi connectivity index (χ3n) is 2.58. The van der Waals surface area contributed by atoms with Crippen molar-refractivity contribution < 1.29 is 18.7 Å². The molecule has 0 aliphatic heterocycles. The molecule has 0 saturated carbocycles. The van der Waals surface area contributed by atoms with Gasteiger partial charge in [-0.2, -0.15) is 0 Å². The molecule has 0 fully saturated rings. The number of rotatable bonds is 5. The summed E-state index contributed by atoms with van der Waals surface area (Å²) in [6, 6.07) is 5.62. The van der Waals surface area contributed by atoms with Crippen molar-refractivity contribution in [2.24, 2.45) is 0 Å². The van der Waals surface area contributed by atoms with Crippen molar-refractivity contribution in [2.75, 3.05) is 19.0 Å². The summed E-state index contributed by atoms with van der Waals surface area (Å²) in [5.74, 6) is 0.137. The number of halogens is 1. The summed E-state index contributed by atoms with van der Waals surface area (Å²) < 4.78 is 15.4. The molecule has 2 rings (SSSR count). The second-order valence-electron chi connectivity index (χ2n) is 3.70. The lowest BCUT2D eigenvalue weighted by Crippen LogP contribution is -2.12. The molecule has 4 nitrogen and oxygen atoms in total. The molecule has 0 radical (unpaired) electrons. The Hall–Kier alpha value is -1.49. The quantitative estimate of drug-likeness (QED) is 0.629. The van der Waals surface area contributed by atoms with Crippen LogP contribution in [-0.4, -0.2) is 25.0 Å². The van der Waals surface area contributed by atoms with Crippen LogP contribution in [0.5, 0.6) is 5.75 Å². The van der Waals surface area contributed by atoms with E-state index in [1.807, 2.05) is 12.1 Å². The van der Waals surface area contributed by atoms with Crippen molar-refractivity contribution in [3.63, 3.8) is 0 Å². The molecule has 1 aromatic heterocycles. The van der Waals surface area contributed by atoms with Crippen molar-refractivity contribution >= 4 is 32.9 Å². The van der Waals surface area contributed by atoms with Gasteiger partial charge in [0.05, 0.1) is 13.4 Å². The third-order valence-corrected chi connectivity index (χ3v) is 2.98. The first-order chi connectivity index (χ1) is 8.76. The number of fused-ring (bicyclic) bond motifs is 1. The van der Waals surface area contributed by atoms with E-state index in [2.05, 4.69) is 20.7 Å². The third kappa shape index (κ3) is 2.67. The van der Waals surface area contributed by atoms with Gasteiger partial charge < -0.3 is 13.9 Å². The van der Waals surface area contributed by atoms with E-state index in [0.29, 0.717) is 11.3 Å². The molecule has 1 aromatic carbocycles. The van der Waals surface area contributed by atoms with E-state index in [0.717, 1.165) is 22.7 Å². The highest BCUT2D eigenvalue weighted by Crippen LogP contribution is 2.30. The highest BCUT2D eigenvalue weighted by Gasteiger charge is 2.11. The van der Waals surface area contributed by atoms with Gasteiger partial charge in [0.1, 0.15) is 0 Å². The molecule has 96 valence electrons. The molecule has 0 amide bonds. The minimum atomic E-state index is -0.417. The Morgan fingerprint density at radius 3 is 3.00 bits per heavy atom. The van der Waals surface area contributed by atoms with Gasteiger partial charge in [-0.1, -0.05) is 28.1 Å². The Balaban J connectivity index is 2.26. The number of aryl methyl sites for hydroxylation is 1. The number of benzene rings is 1. The molecule has 1 heterocycles. The number of furan rings is 1. The number of alkyl halides is 1. The van der Waals surface area contributed by atoms with Crippen molar-refractivity contribution in [3.8, 4) is 5.75 Å². The van der Waals surface area contributed by atoms with Gasteiger partial charge >= 0.3 is 5.97 Å². The normalized spacial score (nSPS) is 10.6. The summed E-state index contributed by atoms with van der Waals surface area (Å²) in [5, 5.41) is 1.88. The van der Waals surface area contributed by atoms with Crippen molar-refractivity contribution in [1.82, 2.24) is 0 Å². The van der Waals surface area contributed by atoms with Crippen LogP contribution in [0.25, 0.3) is 11.0 Å². The van der Waals surface area contributed by atoms with E-state index < -0.39 is 5.97 Å². The fourth-order valence-corrected chi connectivity index (χ4v) is 2.12. The summed E-state index contributed by atoms with van der Waals surface area (Å²) in [6.07, 6.45) is 2.60. The van der Waals surface area contributed by atoms with E-state index in [4.69, 9.17) is 9.15 Å². The van der Waals surface area contributed by atoms with Crippen LogP contribution >= 0.6 is 15.9 Å². The second kappa shape index (κ2) is 5.91. The maximum atomic E-state index is 11.0. The number of carbonyl (C=O) groups is 1. The number of ether oxygens (including phenoxy) is 2. The summed E-state index contributed by atoms with van der Waals surface area (Å²) in [6.45, 7) is -0.121. The average Bonchev–Trinajstić information content (AvgIpc) is 2.80. The lowest BCUT2D eigenvalue weighted by molar-refractivity contribution is -0.142. The zero-order valence-corrected chi connectivity index (χ0v) is 11.5. The maximum Gasteiger partial charge on any atom is 0.343 e. The molecule has 0 saturated heterocycles. The Labute approximate surface area is 113 Å². The number of methoxy groups -OCH3 is 1. The van der Waals surface area contributed by atoms with Crippen molar-refractivity contribution in [2.45, 2.75) is 6.42 Å². The molecule has 0 bridgehead atoms. The van der Waals surface area contributed by atoms with Crippen LogP contribution in [0.1, 0.15) is 5.56 Å². The largest absolute Gasteiger partial charge is 0.478 e. The first-order valence-corrected chi connectivity index (χ1v) is 6.63. The van der Waals surface area contributed by atoms with Gasteiger partial charge in [-0.05, 0) is 18.1 Å². The molecule has 2 aromatic rings. The monoisotopic (exact) mass is 312 g/mol. The number of esters is 1. The molecule has 0 aliphatic rings. The fourth-order valence-electron chi connectivity index (χ4n) is 1.69. The molecule has 0 unspecified atom stereocenters. The molecule has 0 spiro atoms. The molecule has 18 heavy (non-hydrogen) atoms. The van der Waals surface area contributed by atoms with E-state index in [9.17, 15) is 4.79 Å². The summed E-state index contributed by atoms with van der Waals surface area (Å²) in [5.41, 5.74) is 1.78. The SMILES string of the molecule is COC(=O)COc1cccc2c(CCBr)coc12. The van der Waals surface area contributed by atoms with Crippen LogP contribution in [0, 0.1) is 0 Å². The highest BCUT2D eigenvalue weighted by atomic mass is 79.9. The van der Waals surface area contributed by atoms with E-state index in [1.54, 1.807) is 12.3 Å². The molecule has 0 N–H and O–H groups in total. The van der Waals surface area contributed by atoms with E-state index >= 15 is 0 Å². The number of para-hydroxylation sites is 1. The van der Waals surface area contributed by atoms with Gasteiger partial charge in [0.25, 0.3) is 0 Å². The Bertz CT molecular complexity index is 547. The van der Waals surface area contributed by atoms with Gasteiger partial charge in [0.2, 0.25) is 0 Å². The predicted molar refractivity (Wildman–Crippen MR) is 71.2 cm³/mol. The zero-order chi connectivity index (χ0) is 13.0. The van der Waals surface area contributed by atoms with Crippen LogP contribution in [0.15, 0.2) is 28.9 Å². The molecule has 5 heteroatoms. The number of hydrogen-bond acceptors (Lipinski definition) is 4. The van der Waals surface area contributed by atoms with Crippen LogP contribution in [-0.2, 0) is 16.0 Å². The standard InChI is InChI=1S/C13H13BrO4/c1-16-12(15)8-17-11-4-2-3-10-9(5-6-14)7-18-13(10)11/h2-4,7H,5-6,8H2,1H3. The van der Waals surface area contributed by atoms with Gasteiger partial charge in [0, 0.05) is 10.7 Å². The molecule has 0 aliphatic carbocycles. The zero-order valence-electron chi connectivity index (χ0n) is 9.94. The van der Waals surface area contributed by atoms with Gasteiger partial charge in [-0.3, -0.25) is 0 Å². The summed E-state index contributed by atoms with van der Waals surface area (Å²) in [7, 11) is 1.33. The van der Waals surface area contributed by atoms with E-state index in [-0.39, 0.29) is 6.61 Å². The Morgan fingerprint density at radius 2 is 2.28 bits per heavy atom. The van der Waals surface area contributed by atoms with Crippen molar-refractivity contribution in [1.29, 1.82) is 0 Å². The Kier molecular flexibility index (Phi) is 4.25. The van der Waals surface area contributed by atoms with Gasteiger partial charge in [-0.25, -0.2) is 4.79 Å². The van der Waals surface area contributed by atoms with Crippen LogP contribution in [0.2, 0.25) is 0 Å². The van der Waals surface area contributed by atoms with Crippen LogP contribution < -0.4 is 4.74 Å². The van der Waals surface area contributed by atoms with E-state index in [1.165, 1.54) is 7.11 Å². The predicted octanol–water partition coefficient (Wildman–Crippen LogP) is 2.92. The smallest absolute Gasteiger partial charge is 0.343 e. The average molecular weight is 313 g/mol. The maximum absolute atomic E-state index is 11.0.